The van der Waals surface area contributed by atoms with Crippen LogP contribution in [-0.4, -0.2) is 16.1 Å². The topological polar surface area (TPSA) is 64.1 Å². The van der Waals surface area contributed by atoms with Crippen LogP contribution in [0.2, 0.25) is 0 Å². The maximum Gasteiger partial charge on any atom is 0.238 e. The normalized spacial score (nSPS) is 12.7. The average Bonchev–Trinajstić information content (AvgIpc) is 3.42. The molecule has 0 radical (unpaired) electrons. The second kappa shape index (κ2) is 7.98. The Balaban J connectivity index is 1.36. The van der Waals surface area contributed by atoms with Crippen molar-refractivity contribution in [2.24, 2.45) is 0 Å². The Morgan fingerprint density at radius 2 is 1.72 bits per heavy atom. The van der Waals surface area contributed by atoms with E-state index in [1.54, 1.807) is 23.1 Å². The van der Waals surface area contributed by atoms with E-state index < -0.39 is 5.92 Å². The first-order valence-electron chi connectivity index (χ1n) is 8.93. The number of carbonyl (C=O) groups excluding carboxylic acids is 1. The van der Waals surface area contributed by atoms with E-state index in [0.717, 1.165) is 21.2 Å². The van der Waals surface area contributed by atoms with Gasteiger partial charge in [0.1, 0.15) is 11.5 Å². The van der Waals surface area contributed by atoms with E-state index in [2.05, 4.69) is 27.0 Å². The lowest BCUT2D eigenvalue weighted by Crippen LogP contribution is -2.25. The van der Waals surface area contributed by atoms with Crippen LogP contribution < -0.4 is 10.1 Å². The number of thioether (sulfide) groups is 1. The van der Waals surface area contributed by atoms with Gasteiger partial charge in [-0.05, 0) is 23.6 Å². The van der Waals surface area contributed by atoms with Crippen molar-refractivity contribution >= 4 is 45.5 Å². The zero-order valence-corrected chi connectivity index (χ0v) is 17.5. The van der Waals surface area contributed by atoms with E-state index in [4.69, 9.17) is 4.74 Å². The highest BCUT2D eigenvalue weighted by Crippen LogP contribution is 2.44. The average molecular weight is 438 g/mol. The first-order valence-corrected chi connectivity index (χ1v) is 11.6. The number of ether oxygens (including phenoxy) is 1. The van der Waals surface area contributed by atoms with Crippen molar-refractivity contribution in [2.45, 2.75) is 16.0 Å². The molecule has 1 amide bonds. The third-order valence-electron chi connectivity index (χ3n) is 4.50. The number of hydrogen-bond donors (Lipinski definition) is 1. The maximum absolute atomic E-state index is 13.2. The fourth-order valence-corrected chi connectivity index (χ4v) is 5.74. The number of rotatable bonds is 5. The van der Waals surface area contributed by atoms with Gasteiger partial charge in [0.2, 0.25) is 11.0 Å². The van der Waals surface area contributed by atoms with Crippen LogP contribution in [0.5, 0.6) is 11.5 Å². The van der Waals surface area contributed by atoms with Crippen molar-refractivity contribution < 1.29 is 9.53 Å². The third-order valence-corrected chi connectivity index (χ3v) is 7.58. The van der Waals surface area contributed by atoms with E-state index >= 15 is 0 Å². The van der Waals surface area contributed by atoms with Crippen LogP contribution in [0.1, 0.15) is 21.9 Å². The number of nitrogens with zero attached hydrogens (tertiary/aromatic N) is 2. The van der Waals surface area contributed by atoms with Crippen LogP contribution in [0.4, 0.5) is 5.13 Å². The van der Waals surface area contributed by atoms with Crippen LogP contribution in [0.3, 0.4) is 0 Å². The molecule has 0 aliphatic carbocycles. The predicted molar refractivity (Wildman–Crippen MR) is 117 cm³/mol. The smallest absolute Gasteiger partial charge is 0.238 e. The summed E-state index contributed by atoms with van der Waals surface area (Å²) in [5, 5.41) is 13.9. The zero-order chi connectivity index (χ0) is 19.6. The first kappa shape index (κ1) is 18.4. The SMILES string of the molecule is O=C(Nc1nnc(SCc2cccs2)s1)C1c2ccccc2Oc2ccccc21. The fourth-order valence-electron chi connectivity index (χ4n) is 3.22. The number of fused-ring (bicyclic) bond motifs is 2. The van der Waals surface area contributed by atoms with Gasteiger partial charge in [-0.1, -0.05) is 65.6 Å². The summed E-state index contributed by atoms with van der Waals surface area (Å²) in [7, 11) is 0. The van der Waals surface area contributed by atoms with Gasteiger partial charge < -0.3 is 4.74 Å². The summed E-state index contributed by atoms with van der Waals surface area (Å²) in [5.74, 6) is 1.66. The molecule has 1 N–H and O–H groups in total. The Hall–Kier alpha value is -2.68. The molecule has 0 unspecified atom stereocenters. The number of hydrogen-bond acceptors (Lipinski definition) is 7. The van der Waals surface area contributed by atoms with Crippen LogP contribution in [0.25, 0.3) is 0 Å². The number of carbonyl (C=O) groups is 1. The summed E-state index contributed by atoms with van der Waals surface area (Å²) in [5.41, 5.74) is 1.70. The number of benzene rings is 2. The summed E-state index contributed by atoms with van der Waals surface area (Å²) in [6, 6.07) is 19.4. The molecule has 1 aliphatic rings. The minimum atomic E-state index is -0.456. The van der Waals surface area contributed by atoms with Crippen LogP contribution in [-0.2, 0) is 10.5 Å². The van der Waals surface area contributed by atoms with Crippen molar-refractivity contribution in [3.05, 3.63) is 82.0 Å². The van der Waals surface area contributed by atoms with Crippen molar-refractivity contribution in [3.8, 4) is 11.5 Å². The van der Waals surface area contributed by atoms with Crippen molar-refractivity contribution in [1.29, 1.82) is 0 Å². The molecule has 5 rings (SSSR count). The highest BCUT2D eigenvalue weighted by molar-refractivity contribution is 8.00. The molecule has 8 heteroatoms. The van der Waals surface area contributed by atoms with Gasteiger partial charge in [0, 0.05) is 21.8 Å². The maximum atomic E-state index is 13.2. The Kier molecular flexibility index (Phi) is 5.05. The Morgan fingerprint density at radius 3 is 2.41 bits per heavy atom. The predicted octanol–water partition coefficient (Wildman–Crippen LogP) is 5.77. The van der Waals surface area contributed by atoms with E-state index in [9.17, 15) is 4.79 Å². The molecular formula is C21H15N3O2S3. The molecule has 2 aromatic carbocycles. The van der Waals surface area contributed by atoms with E-state index in [0.29, 0.717) is 16.6 Å². The van der Waals surface area contributed by atoms with E-state index in [1.807, 2.05) is 54.6 Å². The highest BCUT2D eigenvalue weighted by Gasteiger charge is 2.32. The molecule has 4 aromatic rings. The quantitative estimate of drug-likeness (QED) is 0.317. The number of thiophene rings is 1. The summed E-state index contributed by atoms with van der Waals surface area (Å²) in [4.78, 5) is 14.5. The summed E-state index contributed by atoms with van der Waals surface area (Å²) in [6.45, 7) is 0. The molecule has 29 heavy (non-hydrogen) atoms. The van der Waals surface area contributed by atoms with Crippen molar-refractivity contribution in [3.63, 3.8) is 0 Å². The largest absolute Gasteiger partial charge is 0.457 e. The highest BCUT2D eigenvalue weighted by atomic mass is 32.2. The molecule has 3 heterocycles. The molecular weight excluding hydrogens is 422 g/mol. The second-order valence-corrected chi connectivity index (χ2v) is 9.57. The molecule has 0 fully saturated rings. The van der Waals surface area contributed by atoms with Gasteiger partial charge in [0.25, 0.3) is 0 Å². The Bertz CT molecular complexity index is 1110. The minimum Gasteiger partial charge on any atom is -0.457 e. The molecule has 1 aliphatic heterocycles. The number of amides is 1. The third kappa shape index (κ3) is 3.78. The van der Waals surface area contributed by atoms with Crippen LogP contribution in [0, 0.1) is 0 Å². The molecule has 0 saturated carbocycles. The Labute approximate surface area is 179 Å². The number of para-hydroxylation sites is 2. The van der Waals surface area contributed by atoms with Gasteiger partial charge in [-0.15, -0.1) is 21.5 Å². The first-order chi connectivity index (χ1) is 14.3. The minimum absolute atomic E-state index is 0.140. The standard InChI is InChI=1S/C21H15N3O2S3/c25-19(22-20-23-24-21(29-20)28-12-13-6-5-11-27-13)18-14-7-1-3-9-16(14)26-17-10-4-2-8-15(17)18/h1-11,18H,12H2,(H,22,23,25). The fraction of sp³-hybridized carbons (Fsp3) is 0.0952. The molecule has 0 spiro atoms. The van der Waals surface area contributed by atoms with Gasteiger partial charge in [0.15, 0.2) is 4.34 Å². The Morgan fingerprint density at radius 1 is 1.00 bits per heavy atom. The molecule has 0 bridgehead atoms. The number of nitrogens with one attached hydrogen (secondary N) is 1. The van der Waals surface area contributed by atoms with E-state index in [1.165, 1.54) is 16.2 Å². The number of anilines is 1. The molecule has 144 valence electrons. The molecule has 0 saturated heterocycles. The lowest BCUT2D eigenvalue weighted by Gasteiger charge is -2.27. The molecule has 5 nitrogen and oxygen atoms in total. The van der Waals surface area contributed by atoms with Crippen LogP contribution in [0.15, 0.2) is 70.4 Å². The lowest BCUT2D eigenvalue weighted by atomic mass is 9.87. The van der Waals surface area contributed by atoms with Crippen molar-refractivity contribution in [2.75, 3.05) is 5.32 Å². The van der Waals surface area contributed by atoms with E-state index in [-0.39, 0.29) is 5.91 Å². The van der Waals surface area contributed by atoms with Gasteiger partial charge in [0.05, 0.1) is 5.92 Å². The zero-order valence-electron chi connectivity index (χ0n) is 15.1. The summed E-state index contributed by atoms with van der Waals surface area (Å²) < 4.78 is 6.81. The summed E-state index contributed by atoms with van der Waals surface area (Å²) in [6.07, 6.45) is 0. The summed E-state index contributed by atoms with van der Waals surface area (Å²) >= 11 is 4.73. The number of aromatic nitrogens is 2. The monoisotopic (exact) mass is 437 g/mol. The van der Waals surface area contributed by atoms with Gasteiger partial charge in [-0.3, -0.25) is 10.1 Å². The molecule has 0 atom stereocenters. The van der Waals surface area contributed by atoms with Gasteiger partial charge >= 0.3 is 0 Å². The lowest BCUT2D eigenvalue weighted by molar-refractivity contribution is -0.116. The van der Waals surface area contributed by atoms with Gasteiger partial charge in [-0.25, -0.2) is 0 Å². The van der Waals surface area contributed by atoms with Gasteiger partial charge in [-0.2, -0.15) is 0 Å². The van der Waals surface area contributed by atoms with Crippen LogP contribution >= 0.6 is 34.4 Å². The molecule has 2 aromatic heterocycles. The second-order valence-electron chi connectivity index (χ2n) is 6.34. The van der Waals surface area contributed by atoms with Crippen molar-refractivity contribution in [1.82, 2.24) is 10.2 Å².